The quantitative estimate of drug-likeness (QED) is 0.589. The molecule has 1 aliphatic carbocycles. The molecule has 0 heterocycles. The van der Waals surface area contributed by atoms with Crippen molar-refractivity contribution in [1.82, 2.24) is 0 Å². The lowest BCUT2D eigenvalue weighted by atomic mass is 10.1. The lowest BCUT2D eigenvalue weighted by Gasteiger charge is -2.01. The molecule has 0 fully saturated rings. The highest BCUT2D eigenvalue weighted by Gasteiger charge is 2.04. The van der Waals surface area contributed by atoms with Crippen LogP contribution in [0.15, 0.2) is 48.1 Å². The van der Waals surface area contributed by atoms with E-state index in [1.165, 1.54) is 0 Å². The number of aliphatic hydroxyl groups is 1. The standard InChI is InChI=1S/C10H9NO/c11-8-10(12)9-6-4-2-1-3-5-7-9/h1-7,10,12H. The Bertz CT molecular complexity index is 302. The second-order valence-corrected chi connectivity index (χ2v) is 2.33. The Morgan fingerprint density at radius 2 is 1.83 bits per heavy atom. The summed E-state index contributed by atoms with van der Waals surface area (Å²) in [6.07, 6.45) is 11.5. The number of hydrogen-bond acceptors (Lipinski definition) is 2. The number of nitrogens with zero attached hydrogens (tertiary/aromatic N) is 1. The number of aliphatic hydroxyl groups excluding tert-OH is 1. The van der Waals surface area contributed by atoms with Crippen molar-refractivity contribution in [2.75, 3.05) is 0 Å². The van der Waals surface area contributed by atoms with E-state index >= 15 is 0 Å². The zero-order valence-electron chi connectivity index (χ0n) is 6.51. The largest absolute Gasteiger partial charge is 0.374 e. The summed E-state index contributed by atoms with van der Waals surface area (Å²) in [6.45, 7) is 0. The van der Waals surface area contributed by atoms with Crippen LogP contribution in [0.4, 0.5) is 0 Å². The zero-order valence-corrected chi connectivity index (χ0v) is 6.51. The minimum Gasteiger partial charge on any atom is -0.374 e. The smallest absolute Gasteiger partial charge is 0.165 e. The van der Waals surface area contributed by atoms with Gasteiger partial charge in [0.1, 0.15) is 0 Å². The number of rotatable bonds is 1. The molecule has 1 N–H and O–H groups in total. The van der Waals surface area contributed by atoms with Crippen molar-refractivity contribution in [2.24, 2.45) is 0 Å². The van der Waals surface area contributed by atoms with E-state index in [0.717, 1.165) is 0 Å². The van der Waals surface area contributed by atoms with E-state index in [2.05, 4.69) is 0 Å². The van der Waals surface area contributed by atoms with Gasteiger partial charge in [-0.1, -0.05) is 42.5 Å². The van der Waals surface area contributed by atoms with Crippen LogP contribution in [0.1, 0.15) is 0 Å². The fraction of sp³-hybridized carbons (Fsp3) is 0.100. The summed E-state index contributed by atoms with van der Waals surface area (Å²) in [4.78, 5) is 0. The first-order valence-corrected chi connectivity index (χ1v) is 3.64. The average Bonchev–Trinajstić information content (AvgIpc) is 2.02. The summed E-state index contributed by atoms with van der Waals surface area (Å²) in [5.74, 6) is 0. The first kappa shape index (κ1) is 8.51. The molecule has 2 nitrogen and oxygen atoms in total. The highest BCUT2D eigenvalue weighted by molar-refractivity contribution is 5.35. The summed E-state index contributed by atoms with van der Waals surface area (Å²) >= 11 is 0. The molecule has 0 aromatic carbocycles. The van der Waals surface area contributed by atoms with Crippen molar-refractivity contribution < 1.29 is 5.11 Å². The fourth-order valence-corrected chi connectivity index (χ4v) is 0.838. The molecule has 0 aliphatic heterocycles. The van der Waals surface area contributed by atoms with Gasteiger partial charge in [-0.15, -0.1) is 0 Å². The number of nitriles is 1. The third kappa shape index (κ3) is 2.22. The molecule has 1 rings (SSSR count). The van der Waals surface area contributed by atoms with Crippen molar-refractivity contribution in [1.29, 1.82) is 5.26 Å². The van der Waals surface area contributed by atoms with Gasteiger partial charge in [0.15, 0.2) is 6.10 Å². The van der Waals surface area contributed by atoms with E-state index in [1.54, 1.807) is 30.4 Å². The molecule has 0 aromatic heterocycles. The molecule has 0 aromatic rings. The van der Waals surface area contributed by atoms with Crippen molar-refractivity contribution in [3.63, 3.8) is 0 Å². The molecular formula is C10H9NO. The van der Waals surface area contributed by atoms with Gasteiger partial charge < -0.3 is 5.11 Å². The molecule has 60 valence electrons. The Morgan fingerprint density at radius 1 is 1.17 bits per heavy atom. The summed E-state index contributed by atoms with van der Waals surface area (Å²) < 4.78 is 0. The van der Waals surface area contributed by atoms with Crippen molar-refractivity contribution in [2.45, 2.75) is 6.10 Å². The van der Waals surface area contributed by atoms with Gasteiger partial charge in [-0.25, -0.2) is 0 Å². The maximum atomic E-state index is 9.16. The summed E-state index contributed by atoms with van der Waals surface area (Å²) in [7, 11) is 0. The minimum absolute atomic E-state index is 0.609. The summed E-state index contributed by atoms with van der Waals surface area (Å²) in [5, 5.41) is 17.6. The normalized spacial score (nSPS) is 17.5. The van der Waals surface area contributed by atoms with Gasteiger partial charge in [-0.05, 0) is 5.57 Å². The van der Waals surface area contributed by atoms with Crippen LogP contribution < -0.4 is 0 Å². The molecule has 0 amide bonds. The van der Waals surface area contributed by atoms with Crippen LogP contribution in [0.2, 0.25) is 0 Å². The van der Waals surface area contributed by atoms with Gasteiger partial charge in [-0.3, -0.25) is 0 Å². The fourth-order valence-electron chi connectivity index (χ4n) is 0.838. The molecule has 1 unspecified atom stereocenters. The van der Waals surface area contributed by atoms with E-state index in [9.17, 15) is 0 Å². The number of allylic oxidation sites excluding steroid dienone is 6. The van der Waals surface area contributed by atoms with Gasteiger partial charge >= 0.3 is 0 Å². The maximum absolute atomic E-state index is 9.16. The molecule has 1 atom stereocenters. The van der Waals surface area contributed by atoms with E-state index < -0.39 is 6.10 Å². The lowest BCUT2D eigenvalue weighted by Crippen LogP contribution is -2.04. The molecule has 0 saturated carbocycles. The topological polar surface area (TPSA) is 44.0 Å². The third-order valence-corrected chi connectivity index (χ3v) is 1.46. The van der Waals surface area contributed by atoms with Crippen LogP contribution in [0.25, 0.3) is 0 Å². The minimum atomic E-state index is -1.03. The first-order chi connectivity index (χ1) is 5.84. The second kappa shape index (κ2) is 4.32. The van der Waals surface area contributed by atoms with Crippen LogP contribution in [-0.4, -0.2) is 11.2 Å². The van der Waals surface area contributed by atoms with Crippen LogP contribution in [0.3, 0.4) is 0 Å². The molecule has 0 spiro atoms. The highest BCUT2D eigenvalue weighted by atomic mass is 16.3. The summed E-state index contributed by atoms with van der Waals surface area (Å²) in [5.41, 5.74) is 0.609. The predicted molar refractivity (Wildman–Crippen MR) is 47.1 cm³/mol. The van der Waals surface area contributed by atoms with Gasteiger partial charge in [0.2, 0.25) is 0 Å². The first-order valence-electron chi connectivity index (χ1n) is 3.64. The maximum Gasteiger partial charge on any atom is 0.165 e. The van der Waals surface area contributed by atoms with Crippen LogP contribution in [0.5, 0.6) is 0 Å². The van der Waals surface area contributed by atoms with E-state index in [4.69, 9.17) is 10.4 Å². The Morgan fingerprint density at radius 3 is 2.58 bits per heavy atom. The summed E-state index contributed by atoms with van der Waals surface area (Å²) in [6, 6.07) is 1.76. The highest BCUT2D eigenvalue weighted by Crippen LogP contribution is 2.06. The van der Waals surface area contributed by atoms with Gasteiger partial charge in [-0.2, -0.15) is 5.26 Å². The van der Waals surface area contributed by atoms with Gasteiger partial charge in [0.05, 0.1) is 6.07 Å². The van der Waals surface area contributed by atoms with Crippen molar-refractivity contribution in [3.05, 3.63) is 48.1 Å². The van der Waals surface area contributed by atoms with Crippen molar-refractivity contribution >= 4 is 0 Å². The van der Waals surface area contributed by atoms with Crippen molar-refractivity contribution in [3.8, 4) is 6.07 Å². The van der Waals surface area contributed by atoms with Gasteiger partial charge in [0.25, 0.3) is 0 Å². The Kier molecular flexibility index (Phi) is 3.06. The van der Waals surface area contributed by atoms with E-state index in [1.807, 2.05) is 18.2 Å². The number of hydrogen-bond donors (Lipinski definition) is 1. The zero-order chi connectivity index (χ0) is 8.81. The van der Waals surface area contributed by atoms with Gasteiger partial charge in [0, 0.05) is 0 Å². The molecule has 0 saturated heterocycles. The van der Waals surface area contributed by atoms with E-state index in [0.29, 0.717) is 5.57 Å². The molecule has 0 radical (unpaired) electrons. The molecular weight excluding hydrogens is 150 g/mol. The predicted octanol–water partition coefficient (Wildman–Crippen LogP) is 1.48. The third-order valence-electron chi connectivity index (χ3n) is 1.46. The Hall–Kier alpha value is -1.59. The Labute approximate surface area is 71.4 Å². The average molecular weight is 159 g/mol. The molecule has 2 heteroatoms. The lowest BCUT2D eigenvalue weighted by molar-refractivity contribution is 0.270. The van der Waals surface area contributed by atoms with Crippen LogP contribution in [0, 0.1) is 11.3 Å². The van der Waals surface area contributed by atoms with Crippen LogP contribution >= 0.6 is 0 Å². The molecule has 0 bridgehead atoms. The van der Waals surface area contributed by atoms with Crippen LogP contribution in [-0.2, 0) is 0 Å². The second-order valence-electron chi connectivity index (χ2n) is 2.33. The Balaban J connectivity index is 2.84. The SMILES string of the molecule is N#CC(O)C1=CC=CC=CC=C1. The molecule has 12 heavy (non-hydrogen) atoms. The monoisotopic (exact) mass is 159 g/mol. The molecule has 1 aliphatic rings. The van der Waals surface area contributed by atoms with E-state index in [-0.39, 0.29) is 0 Å².